The molecule has 4 rings (SSSR count). The number of nitrogens with zero attached hydrogens (tertiary/aromatic N) is 6. The number of ether oxygens (including phenoxy) is 1. The van der Waals surface area contributed by atoms with Crippen LogP contribution < -0.4 is 17.9 Å². The minimum absolute atomic E-state index is 0.00937. The lowest BCUT2D eigenvalue weighted by Crippen LogP contribution is -2.43. The van der Waals surface area contributed by atoms with Gasteiger partial charge in [0.2, 0.25) is 5.69 Å². The topological polar surface area (TPSA) is 229 Å². The van der Waals surface area contributed by atoms with Crippen molar-refractivity contribution in [2.45, 2.75) is 0 Å². The van der Waals surface area contributed by atoms with Crippen LogP contribution in [0.5, 0.6) is 17.2 Å². The zero-order chi connectivity index (χ0) is 28.3. The van der Waals surface area contributed by atoms with Crippen LogP contribution in [-0.2, 0) is 22.7 Å². The molecule has 0 saturated heterocycles. The van der Waals surface area contributed by atoms with Crippen LogP contribution in [0, 0.1) is 20.2 Å². The average Bonchev–Trinajstić information content (AvgIpc) is 3.32. The van der Waals surface area contributed by atoms with E-state index in [-0.39, 0.29) is 45.6 Å². The number of hydrogen-bond acceptors (Lipinski definition) is 13. The number of non-ortho nitro benzene ring substituents is 2. The Labute approximate surface area is 222 Å². The lowest BCUT2D eigenvalue weighted by Gasteiger charge is -2.12. The highest BCUT2D eigenvalue weighted by atomic mass is 32.2. The molecule has 0 amide bonds. The Kier molecular flexibility index (Phi) is 7.85. The Morgan fingerprint density at radius 1 is 0.846 bits per heavy atom. The van der Waals surface area contributed by atoms with Crippen LogP contribution in [0.15, 0.2) is 60.7 Å². The zero-order valence-corrected chi connectivity index (χ0v) is 20.9. The van der Waals surface area contributed by atoms with Gasteiger partial charge in [0.05, 0.1) is 33.7 Å². The van der Waals surface area contributed by atoms with Crippen molar-refractivity contribution in [2.75, 3.05) is 7.11 Å². The maximum atomic E-state index is 11.3. The van der Waals surface area contributed by atoms with E-state index in [1.165, 1.54) is 55.6 Å². The van der Waals surface area contributed by atoms with Gasteiger partial charge in [0.25, 0.3) is 11.4 Å². The van der Waals surface area contributed by atoms with Crippen molar-refractivity contribution in [1.29, 1.82) is 0 Å². The Bertz CT molecular complexity index is 1630. The first kappa shape index (κ1) is 27.2. The van der Waals surface area contributed by atoms with Crippen molar-refractivity contribution >= 4 is 34.1 Å². The molecule has 1 aromatic heterocycles. The summed E-state index contributed by atoms with van der Waals surface area (Å²) in [7, 11) is 1.27. The van der Waals surface area contributed by atoms with Gasteiger partial charge < -0.3 is 22.2 Å². The van der Waals surface area contributed by atoms with Gasteiger partial charge in [-0.25, -0.2) is 8.42 Å². The Morgan fingerprint density at radius 2 is 1.49 bits per heavy atom. The largest absolute Gasteiger partial charge is 0.740 e. The molecule has 0 fully saturated rings. The fourth-order valence-corrected chi connectivity index (χ4v) is 3.87. The normalized spacial score (nSPS) is 12.4. The van der Waals surface area contributed by atoms with Crippen LogP contribution >= 0.6 is 0 Å². The first-order chi connectivity index (χ1) is 18.6. The molecule has 2 unspecified atom stereocenters. The maximum absolute atomic E-state index is 11.3. The van der Waals surface area contributed by atoms with Gasteiger partial charge in [0.1, 0.15) is 34.2 Å². The second kappa shape index (κ2) is 11.3. The van der Waals surface area contributed by atoms with Crippen LogP contribution in [0.1, 0.15) is 0 Å². The molecule has 0 aliphatic heterocycles. The molecule has 0 spiro atoms. The molecule has 0 bridgehead atoms. The van der Waals surface area contributed by atoms with Gasteiger partial charge in [-0.15, -0.1) is 0 Å². The van der Waals surface area contributed by atoms with Gasteiger partial charge in [-0.2, -0.15) is 0 Å². The zero-order valence-electron chi connectivity index (χ0n) is 19.3. The summed E-state index contributed by atoms with van der Waals surface area (Å²) in [6.07, 6.45) is 0. The fourth-order valence-electron chi connectivity index (χ4n) is 3.33. The second-order valence-corrected chi connectivity index (χ2v) is 8.37. The number of tetrazole rings is 1. The Hall–Kier alpha value is -4.85. The number of hydrogen-bond donors (Lipinski definition) is 0. The van der Waals surface area contributed by atoms with E-state index in [1.807, 2.05) is 0 Å². The number of nitro groups is 2. The molecular weight excluding hydrogens is 564 g/mol. The van der Waals surface area contributed by atoms with E-state index in [4.69, 9.17) is 8.92 Å². The molecule has 0 radical (unpaired) electrons. The first-order valence-electron chi connectivity index (χ1n) is 10.2. The van der Waals surface area contributed by atoms with E-state index in [2.05, 4.69) is 14.4 Å². The molecule has 1 heterocycles. The molecule has 0 aliphatic rings. The van der Waals surface area contributed by atoms with Crippen molar-refractivity contribution in [3.05, 3.63) is 80.9 Å². The van der Waals surface area contributed by atoms with Gasteiger partial charge >= 0.3 is 5.82 Å². The van der Waals surface area contributed by atoms with Crippen molar-refractivity contribution in [2.24, 2.45) is 0 Å². The summed E-state index contributed by atoms with van der Waals surface area (Å²) in [6, 6.07) is 12.2. The lowest BCUT2D eigenvalue weighted by atomic mass is 10.2. The minimum atomic E-state index is -3.09. The third-order valence-electron chi connectivity index (χ3n) is 4.96. The number of methoxy groups -OCH3 is 1. The molecule has 202 valence electrons. The van der Waals surface area contributed by atoms with Crippen LogP contribution in [-0.4, -0.2) is 49.5 Å². The van der Waals surface area contributed by atoms with Crippen molar-refractivity contribution in [3.8, 4) is 40.0 Å². The highest BCUT2D eigenvalue weighted by Crippen LogP contribution is 2.33. The number of nitro benzene ring substituents is 2. The lowest BCUT2D eigenvalue weighted by molar-refractivity contribution is -0.734. The molecule has 0 N–H and O–H groups in total. The van der Waals surface area contributed by atoms with Crippen molar-refractivity contribution < 1.29 is 45.3 Å². The number of rotatable bonds is 10. The van der Waals surface area contributed by atoms with Gasteiger partial charge in [0, 0.05) is 35.1 Å². The summed E-state index contributed by atoms with van der Waals surface area (Å²) in [6.45, 7) is 0. The van der Waals surface area contributed by atoms with Crippen LogP contribution in [0.4, 0.5) is 11.4 Å². The summed E-state index contributed by atoms with van der Waals surface area (Å²) in [5, 5.41) is 31.1. The van der Waals surface area contributed by atoms with Crippen LogP contribution in [0.3, 0.4) is 0 Å². The highest BCUT2D eigenvalue weighted by Gasteiger charge is 2.29. The third kappa shape index (κ3) is 6.01. The Balaban J connectivity index is 1.94. The summed E-state index contributed by atoms with van der Waals surface area (Å²) < 4.78 is 59.0. The van der Waals surface area contributed by atoms with Gasteiger partial charge in [-0.1, -0.05) is 0 Å². The van der Waals surface area contributed by atoms with E-state index in [1.54, 1.807) is 0 Å². The number of aromatic nitrogens is 4. The summed E-state index contributed by atoms with van der Waals surface area (Å²) in [4.78, 5) is 23.4. The molecule has 0 saturated carbocycles. The van der Waals surface area contributed by atoms with E-state index >= 15 is 0 Å². The fraction of sp³-hybridized carbons (Fsp3) is 0.0500. The Morgan fingerprint density at radius 3 is 2.08 bits per heavy atom. The van der Waals surface area contributed by atoms with Crippen molar-refractivity contribution in [3.63, 3.8) is 0 Å². The smallest absolute Gasteiger partial charge is 0.343 e. The first-order valence-corrected chi connectivity index (χ1v) is 12.2. The van der Waals surface area contributed by atoms with Crippen LogP contribution in [0.2, 0.25) is 0 Å². The molecular formula is C20H13N6O11S2-. The van der Waals surface area contributed by atoms with Gasteiger partial charge in [-0.3, -0.25) is 20.2 Å². The third-order valence-corrected chi connectivity index (χ3v) is 5.60. The SMILES string of the molecule is COc1cc([N+](=O)[O-])ccc1-[n+]1nc(-c2ccc(OS(=O)[O-])cc2OS(=O)[O-])nn1-c1ccc([N+](=O)[O-])cc1. The predicted molar refractivity (Wildman–Crippen MR) is 127 cm³/mol. The summed E-state index contributed by atoms with van der Waals surface area (Å²) in [5.41, 5.74) is -0.122. The predicted octanol–water partition coefficient (Wildman–Crippen LogP) is 1.38. The molecule has 0 aliphatic carbocycles. The van der Waals surface area contributed by atoms with E-state index in [0.29, 0.717) is 0 Å². The van der Waals surface area contributed by atoms with E-state index in [0.717, 1.165) is 21.7 Å². The monoisotopic (exact) mass is 577 g/mol. The number of benzene rings is 3. The molecule has 2 atom stereocenters. The van der Waals surface area contributed by atoms with E-state index < -0.39 is 38.3 Å². The molecule has 17 nitrogen and oxygen atoms in total. The van der Waals surface area contributed by atoms with Crippen molar-refractivity contribution in [1.82, 2.24) is 15.0 Å². The highest BCUT2D eigenvalue weighted by molar-refractivity contribution is 7.74. The van der Waals surface area contributed by atoms with Crippen LogP contribution in [0.25, 0.3) is 22.8 Å². The molecule has 19 heteroatoms. The second-order valence-electron chi connectivity index (χ2n) is 7.22. The average molecular weight is 577 g/mol. The maximum Gasteiger partial charge on any atom is 0.343 e. The summed E-state index contributed by atoms with van der Waals surface area (Å²) >= 11 is -6.05. The summed E-state index contributed by atoms with van der Waals surface area (Å²) in [5.74, 6) is -0.818. The minimum Gasteiger partial charge on any atom is -0.740 e. The van der Waals surface area contributed by atoms with E-state index in [9.17, 15) is 37.8 Å². The molecule has 39 heavy (non-hydrogen) atoms. The molecule has 3 aromatic carbocycles. The van der Waals surface area contributed by atoms with Gasteiger partial charge in [-0.05, 0) is 34.2 Å². The standard InChI is InChI=1S/C20H14N6O11S2/c1-35-19-10-14(26(29)30)6-9-17(19)24-22-20(21-23(24)12-2-4-13(5-3-12)25(27)28)16-8-7-15(36-38(31)32)11-18(16)37-39(33)34/h2-11H,1H3,(H-,31,32,33,34)/p-1. The van der Waals surface area contributed by atoms with Gasteiger partial charge in [0.15, 0.2) is 11.5 Å². The quantitative estimate of drug-likeness (QED) is 0.112. The molecule has 4 aromatic rings.